The van der Waals surface area contributed by atoms with E-state index in [-0.39, 0.29) is 24.2 Å². The fourth-order valence-corrected chi connectivity index (χ4v) is 2.88. The number of carboxylic acids is 1. The molecule has 0 aliphatic rings. The molecule has 1 aromatic heterocycles. The van der Waals surface area contributed by atoms with E-state index in [1.165, 1.54) is 22.6 Å². The van der Waals surface area contributed by atoms with Gasteiger partial charge in [0.15, 0.2) is 0 Å². The fraction of sp³-hybridized carbons (Fsp3) is 0.286. The zero-order chi connectivity index (χ0) is 16.8. The maximum absolute atomic E-state index is 12.1. The van der Waals surface area contributed by atoms with Gasteiger partial charge in [-0.05, 0) is 31.2 Å². The molecule has 1 heterocycles. The summed E-state index contributed by atoms with van der Waals surface area (Å²) in [4.78, 5) is 23.6. The van der Waals surface area contributed by atoms with E-state index in [9.17, 15) is 9.59 Å². The van der Waals surface area contributed by atoms with Gasteiger partial charge in [-0.15, -0.1) is 16.9 Å². The van der Waals surface area contributed by atoms with E-state index in [0.717, 1.165) is 9.37 Å². The van der Waals surface area contributed by atoms with E-state index in [2.05, 4.69) is 31.6 Å². The highest BCUT2D eigenvalue weighted by Crippen LogP contribution is 2.24. The lowest BCUT2D eigenvalue weighted by Gasteiger charge is -2.11. The molecule has 7 nitrogen and oxygen atoms in total. The van der Waals surface area contributed by atoms with Crippen LogP contribution in [-0.4, -0.2) is 37.2 Å². The van der Waals surface area contributed by atoms with Gasteiger partial charge in [0.2, 0.25) is 5.91 Å². The molecule has 0 aliphatic carbocycles. The largest absolute Gasteiger partial charge is 0.480 e. The predicted molar refractivity (Wildman–Crippen MR) is 89.0 cm³/mol. The van der Waals surface area contributed by atoms with Crippen LogP contribution in [0.5, 0.6) is 0 Å². The first kappa shape index (κ1) is 17.5. The summed E-state index contributed by atoms with van der Waals surface area (Å²) in [5.41, 5.74) is 0.514. The molecule has 0 saturated carbocycles. The average molecular weight is 399 g/mol. The van der Waals surface area contributed by atoms with Gasteiger partial charge in [-0.2, -0.15) is 0 Å². The third-order valence-corrected chi connectivity index (χ3v) is 4.46. The Balaban J connectivity index is 1.82. The standard InChI is InChI=1S/C14H15BrN4O3S/c1-9(23-12-4-2-10(15)3-5-12)14(22)16-6-11-7-19(18-17-11)8-13(20)21/h2-5,7,9H,6,8H2,1H3,(H,16,22)(H,20,21). The van der Waals surface area contributed by atoms with Crippen LogP contribution in [0.4, 0.5) is 0 Å². The summed E-state index contributed by atoms with van der Waals surface area (Å²) in [6.45, 7) is 1.78. The molecule has 9 heteroatoms. The quantitative estimate of drug-likeness (QED) is 0.691. The smallest absolute Gasteiger partial charge is 0.325 e. The summed E-state index contributed by atoms with van der Waals surface area (Å²) in [7, 11) is 0. The third kappa shape index (κ3) is 5.68. The molecule has 2 rings (SSSR count). The second-order valence-electron chi connectivity index (χ2n) is 4.73. The van der Waals surface area contributed by atoms with Gasteiger partial charge >= 0.3 is 5.97 Å². The Bertz CT molecular complexity index is 690. The first-order valence-corrected chi connectivity index (χ1v) is 8.42. The predicted octanol–water partition coefficient (Wildman–Crippen LogP) is 1.92. The van der Waals surface area contributed by atoms with Crippen LogP contribution in [0.2, 0.25) is 0 Å². The number of aromatic nitrogens is 3. The van der Waals surface area contributed by atoms with Crippen LogP contribution in [0.15, 0.2) is 39.8 Å². The van der Waals surface area contributed by atoms with E-state index in [4.69, 9.17) is 5.11 Å². The highest BCUT2D eigenvalue weighted by atomic mass is 79.9. The Morgan fingerprint density at radius 2 is 2.09 bits per heavy atom. The molecule has 0 saturated heterocycles. The minimum absolute atomic E-state index is 0.120. The first-order chi connectivity index (χ1) is 10.9. The summed E-state index contributed by atoms with van der Waals surface area (Å²) in [6.07, 6.45) is 1.50. The molecular weight excluding hydrogens is 384 g/mol. The molecule has 1 aromatic carbocycles. The summed E-state index contributed by atoms with van der Waals surface area (Å²) in [6, 6.07) is 7.73. The molecule has 0 fully saturated rings. The van der Waals surface area contributed by atoms with E-state index in [1.54, 1.807) is 0 Å². The highest BCUT2D eigenvalue weighted by molar-refractivity contribution is 9.10. The number of thioether (sulfide) groups is 1. The van der Waals surface area contributed by atoms with Crippen molar-refractivity contribution in [3.05, 3.63) is 40.6 Å². The summed E-state index contributed by atoms with van der Waals surface area (Å²) in [5, 5.41) is 18.7. The molecule has 1 amide bonds. The Hall–Kier alpha value is -1.87. The van der Waals surface area contributed by atoms with Crippen LogP contribution in [0.3, 0.4) is 0 Å². The van der Waals surface area contributed by atoms with Crippen molar-refractivity contribution in [2.24, 2.45) is 0 Å². The maximum Gasteiger partial charge on any atom is 0.325 e. The fourth-order valence-electron chi connectivity index (χ4n) is 1.73. The van der Waals surface area contributed by atoms with Gasteiger partial charge in [0, 0.05) is 9.37 Å². The molecule has 122 valence electrons. The third-order valence-electron chi connectivity index (χ3n) is 2.82. The molecule has 0 radical (unpaired) electrons. The number of halogens is 1. The number of carboxylic acid groups (broad SMARTS) is 1. The second kappa shape index (κ2) is 8.11. The average Bonchev–Trinajstić information content (AvgIpc) is 2.93. The minimum Gasteiger partial charge on any atom is -0.480 e. The van der Waals surface area contributed by atoms with Crippen molar-refractivity contribution >= 4 is 39.6 Å². The normalized spacial score (nSPS) is 11.9. The number of benzene rings is 1. The number of carbonyl (C=O) groups is 2. The zero-order valence-corrected chi connectivity index (χ0v) is 14.7. The molecule has 1 atom stereocenters. The van der Waals surface area contributed by atoms with E-state index in [1.807, 2.05) is 31.2 Å². The van der Waals surface area contributed by atoms with Crippen molar-refractivity contribution in [2.75, 3.05) is 0 Å². The van der Waals surface area contributed by atoms with Gasteiger partial charge in [-0.25, -0.2) is 4.68 Å². The van der Waals surface area contributed by atoms with E-state index in [0.29, 0.717) is 5.69 Å². The van der Waals surface area contributed by atoms with E-state index >= 15 is 0 Å². The number of amides is 1. The van der Waals surface area contributed by atoms with Crippen molar-refractivity contribution in [1.29, 1.82) is 0 Å². The lowest BCUT2D eigenvalue weighted by molar-refractivity contribution is -0.138. The van der Waals surface area contributed by atoms with Gasteiger partial charge < -0.3 is 10.4 Å². The number of aliphatic carboxylic acids is 1. The minimum atomic E-state index is -0.995. The lowest BCUT2D eigenvalue weighted by atomic mass is 10.4. The topological polar surface area (TPSA) is 97.1 Å². The number of carbonyl (C=O) groups excluding carboxylic acids is 1. The monoisotopic (exact) mass is 398 g/mol. The van der Waals surface area contributed by atoms with Crippen LogP contribution in [0.25, 0.3) is 0 Å². The number of rotatable bonds is 7. The van der Waals surface area contributed by atoms with E-state index < -0.39 is 5.97 Å². The van der Waals surface area contributed by atoms with Gasteiger partial charge in [0.1, 0.15) is 12.2 Å². The Labute approximate surface area is 145 Å². The van der Waals surface area contributed by atoms with Crippen molar-refractivity contribution in [1.82, 2.24) is 20.3 Å². The number of nitrogens with one attached hydrogen (secondary N) is 1. The molecule has 2 aromatic rings. The van der Waals surface area contributed by atoms with Crippen LogP contribution in [-0.2, 0) is 22.7 Å². The van der Waals surface area contributed by atoms with Gasteiger partial charge in [-0.3, -0.25) is 9.59 Å². The van der Waals surface area contributed by atoms with Crippen molar-refractivity contribution in [3.8, 4) is 0 Å². The molecule has 1 unspecified atom stereocenters. The molecule has 0 spiro atoms. The van der Waals surface area contributed by atoms with Crippen LogP contribution >= 0.6 is 27.7 Å². The molecule has 23 heavy (non-hydrogen) atoms. The number of nitrogens with zero attached hydrogens (tertiary/aromatic N) is 3. The summed E-state index contributed by atoms with van der Waals surface area (Å²) in [5.74, 6) is -1.12. The summed E-state index contributed by atoms with van der Waals surface area (Å²) < 4.78 is 2.20. The second-order valence-corrected chi connectivity index (χ2v) is 7.06. The Kier molecular flexibility index (Phi) is 6.17. The SMILES string of the molecule is CC(Sc1ccc(Br)cc1)C(=O)NCc1cn(CC(=O)O)nn1. The first-order valence-electron chi connectivity index (χ1n) is 6.75. The molecule has 0 aliphatic heterocycles. The van der Waals surface area contributed by atoms with Crippen molar-refractivity contribution in [3.63, 3.8) is 0 Å². The molecule has 0 bridgehead atoms. The molecular formula is C14H15BrN4O3S. The number of hydrogen-bond donors (Lipinski definition) is 2. The number of hydrogen-bond acceptors (Lipinski definition) is 5. The highest BCUT2D eigenvalue weighted by Gasteiger charge is 2.14. The van der Waals surface area contributed by atoms with Gasteiger partial charge in [0.05, 0.1) is 18.0 Å². The van der Waals surface area contributed by atoms with Crippen molar-refractivity contribution in [2.45, 2.75) is 30.2 Å². The maximum atomic E-state index is 12.1. The summed E-state index contributed by atoms with van der Waals surface area (Å²) >= 11 is 4.83. The zero-order valence-electron chi connectivity index (χ0n) is 12.3. The Morgan fingerprint density at radius 1 is 1.39 bits per heavy atom. The molecule has 2 N–H and O–H groups in total. The van der Waals surface area contributed by atoms with Crippen LogP contribution in [0.1, 0.15) is 12.6 Å². The van der Waals surface area contributed by atoms with Gasteiger partial charge in [-0.1, -0.05) is 21.1 Å². The van der Waals surface area contributed by atoms with Crippen LogP contribution in [0, 0.1) is 0 Å². The van der Waals surface area contributed by atoms with Crippen LogP contribution < -0.4 is 5.32 Å². The Morgan fingerprint density at radius 3 is 2.74 bits per heavy atom. The van der Waals surface area contributed by atoms with Gasteiger partial charge in [0.25, 0.3) is 0 Å². The van der Waals surface area contributed by atoms with Crippen molar-refractivity contribution < 1.29 is 14.7 Å². The lowest BCUT2D eigenvalue weighted by Crippen LogP contribution is -2.30.